The summed E-state index contributed by atoms with van der Waals surface area (Å²) in [5, 5.41) is 20.3. The van der Waals surface area contributed by atoms with Gasteiger partial charge in [0.15, 0.2) is 5.75 Å². The minimum absolute atomic E-state index is 0.215. The fourth-order valence-corrected chi connectivity index (χ4v) is 4.52. The topological polar surface area (TPSA) is 110 Å². The third-order valence-electron chi connectivity index (χ3n) is 3.23. The zero-order valence-electron chi connectivity index (χ0n) is 11.2. The minimum atomic E-state index is -3.81. The molecule has 1 saturated heterocycles. The van der Waals surface area contributed by atoms with E-state index in [2.05, 4.69) is 4.72 Å². The van der Waals surface area contributed by atoms with Crippen LogP contribution in [0.4, 0.5) is 5.69 Å². The van der Waals surface area contributed by atoms with E-state index >= 15 is 0 Å². The highest BCUT2D eigenvalue weighted by Crippen LogP contribution is 2.29. The van der Waals surface area contributed by atoms with E-state index in [4.69, 9.17) is 0 Å². The lowest BCUT2D eigenvalue weighted by Crippen LogP contribution is -2.32. The van der Waals surface area contributed by atoms with E-state index in [1.54, 1.807) is 11.8 Å². The standard InChI is InChI=1S/C12H16N2O5S2/c15-12-5-4-10(7-11(12)14(16)17)21(18,19)13-8-9-3-1-2-6-20-9/h4-5,7,9,13,15H,1-3,6,8H2. The maximum Gasteiger partial charge on any atom is 0.312 e. The van der Waals surface area contributed by atoms with Crippen molar-refractivity contribution in [2.45, 2.75) is 29.4 Å². The van der Waals surface area contributed by atoms with E-state index in [1.807, 2.05) is 0 Å². The highest BCUT2D eigenvalue weighted by atomic mass is 32.2. The molecule has 9 heteroatoms. The van der Waals surface area contributed by atoms with Gasteiger partial charge in [-0.3, -0.25) is 10.1 Å². The van der Waals surface area contributed by atoms with E-state index in [0.717, 1.165) is 43.2 Å². The van der Waals surface area contributed by atoms with Crippen molar-refractivity contribution in [1.29, 1.82) is 0 Å². The van der Waals surface area contributed by atoms with Gasteiger partial charge >= 0.3 is 5.69 Å². The molecule has 0 bridgehead atoms. The molecule has 21 heavy (non-hydrogen) atoms. The van der Waals surface area contributed by atoms with Crippen molar-refractivity contribution >= 4 is 27.5 Å². The molecular formula is C12H16N2O5S2. The number of sulfonamides is 1. The molecule has 1 aromatic carbocycles. The van der Waals surface area contributed by atoms with Crippen LogP contribution in [-0.4, -0.2) is 36.0 Å². The fourth-order valence-electron chi connectivity index (χ4n) is 2.07. The number of hydrogen-bond donors (Lipinski definition) is 2. The zero-order chi connectivity index (χ0) is 15.5. The molecule has 1 aliphatic heterocycles. The van der Waals surface area contributed by atoms with Crippen LogP contribution in [0.3, 0.4) is 0 Å². The summed E-state index contributed by atoms with van der Waals surface area (Å²) >= 11 is 1.73. The number of aromatic hydroxyl groups is 1. The molecule has 0 radical (unpaired) electrons. The molecule has 1 heterocycles. The molecule has 0 amide bonds. The molecule has 1 unspecified atom stereocenters. The Bertz CT molecular complexity index is 627. The summed E-state index contributed by atoms with van der Waals surface area (Å²) in [5.41, 5.74) is -0.620. The molecule has 2 N–H and O–H groups in total. The lowest BCUT2D eigenvalue weighted by atomic mass is 10.2. The average Bonchev–Trinajstić information content (AvgIpc) is 2.46. The van der Waals surface area contributed by atoms with Gasteiger partial charge in [-0.05, 0) is 30.7 Å². The Balaban J connectivity index is 2.11. The van der Waals surface area contributed by atoms with Crippen LogP contribution in [0.15, 0.2) is 23.1 Å². The van der Waals surface area contributed by atoms with Gasteiger partial charge in [-0.1, -0.05) is 6.42 Å². The van der Waals surface area contributed by atoms with Gasteiger partial charge in [0.05, 0.1) is 9.82 Å². The van der Waals surface area contributed by atoms with E-state index in [-0.39, 0.29) is 10.1 Å². The number of phenolic OH excluding ortho intramolecular Hbond substituents is 1. The lowest BCUT2D eigenvalue weighted by molar-refractivity contribution is -0.386. The number of rotatable bonds is 5. The number of nitrogens with zero attached hydrogens (tertiary/aromatic N) is 1. The van der Waals surface area contributed by atoms with Crippen molar-refractivity contribution in [3.63, 3.8) is 0 Å². The molecule has 1 aliphatic rings. The van der Waals surface area contributed by atoms with Crippen LogP contribution in [-0.2, 0) is 10.0 Å². The number of benzene rings is 1. The summed E-state index contributed by atoms with van der Waals surface area (Å²) in [6, 6.07) is 3.03. The Morgan fingerprint density at radius 2 is 2.19 bits per heavy atom. The summed E-state index contributed by atoms with van der Waals surface area (Å²) in [5.74, 6) is 0.471. The van der Waals surface area contributed by atoms with Crippen LogP contribution in [0, 0.1) is 10.1 Å². The van der Waals surface area contributed by atoms with Crippen LogP contribution < -0.4 is 4.72 Å². The van der Waals surface area contributed by atoms with Crippen molar-refractivity contribution < 1.29 is 18.4 Å². The van der Waals surface area contributed by atoms with Crippen molar-refractivity contribution in [3.05, 3.63) is 28.3 Å². The number of nitro benzene ring substituents is 1. The first-order valence-corrected chi connectivity index (χ1v) is 9.02. The predicted octanol–water partition coefficient (Wildman–Crippen LogP) is 1.86. The van der Waals surface area contributed by atoms with Crippen LogP contribution in [0.25, 0.3) is 0 Å². The number of nitrogens with one attached hydrogen (secondary N) is 1. The number of phenols is 1. The Labute approximate surface area is 126 Å². The number of hydrogen-bond acceptors (Lipinski definition) is 6. The molecule has 1 fully saturated rings. The summed E-state index contributed by atoms with van der Waals surface area (Å²) in [6.07, 6.45) is 3.20. The van der Waals surface area contributed by atoms with Gasteiger partial charge in [0.25, 0.3) is 0 Å². The van der Waals surface area contributed by atoms with E-state index < -0.39 is 26.4 Å². The first-order valence-electron chi connectivity index (χ1n) is 6.49. The van der Waals surface area contributed by atoms with Gasteiger partial charge in [-0.15, -0.1) is 0 Å². The molecule has 0 aliphatic carbocycles. The summed E-state index contributed by atoms with van der Waals surface area (Å²) in [6.45, 7) is 0.307. The zero-order valence-corrected chi connectivity index (χ0v) is 12.8. The second-order valence-electron chi connectivity index (χ2n) is 4.75. The molecule has 1 aromatic rings. The number of thioether (sulfide) groups is 1. The molecule has 1 atom stereocenters. The monoisotopic (exact) mass is 332 g/mol. The molecule has 0 aromatic heterocycles. The van der Waals surface area contributed by atoms with Crippen LogP contribution in [0.1, 0.15) is 19.3 Å². The summed E-state index contributed by atoms with van der Waals surface area (Å²) in [7, 11) is -3.81. The first-order chi connectivity index (χ1) is 9.90. The summed E-state index contributed by atoms with van der Waals surface area (Å²) in [4.78, 5) is 9.70. The first kappa shape index (κ1) is 16.1. The summed E-state index contributed by atoms with van der Waals surface area (Å²) < 4.78 is 26.8. The van der Waals surface area contributed by atoms with Crippen molar-refractivity contribution in [2.75, 3.05) is 12.3 Å². The van der Waals surface area contributed by atoms with Crippen LogP contribution >= 0.6 is 11.8 Å². The van der Waals surface area contributed by atoms with Gasteiger partial charge in [0.2, 0.25) is 10.0 Å². The van der Waals surface area contributed by atoms with Crippen LogP contribution in [0.5, 0.6) is 5.75 Å². The third kappa shape index (κ3) is 4.08. The highest BCUT2D eigenvalue weighted by molar-refractivity contribution is 8.00. The van der Waals surface area contributed by atoms with Gasteiger partial charge in [0.1, 0.15) is 0 Å². The maximum atomic E-state index is 12.1. The molecule has 0 spiro atoms. The van der Waals surface area contributed by atoms with Gasteiger partial charge in [0, 0.05) is 17.9 Å². The van der Waals surface area contributed by atoms with Crippen LogP contribution in [0.2, 0.25) is 0 Å². The Morgan fingerprint density at radius 1 is 1.43 bits per heavy atom. The van der Waals surface area contributed by atoms with E-state index in [1.165, 1.54) is 0 Å². The SMILES string of the molecule is O=[N+]([O-])c1cc(S(=O)(=O)NCC2CCCCS2)ccc1O. The van der Waals surface area contributed by atoms with Crippen molar-refractivity contribution in [3.8, 4) is 5.75 Å². The molecular weight excluding hydrogens is 316 g/mol. The average molecular weight is 332 g/mol. The molecule has 2 rings (SSSR count). The second-order valence-corrected chi connectivity index (χ2v) is 7.92. The van der Waals surface area contributed by atoms with Gasteiger partial charge < -0.3 is 5.11 Å². The third-order valence-corrected chi connectivity index (χ3v) is 6.05. The maximum absolute atomic E-state index is 12.1. The molecule has 7 nitrogen and oxygen atoms in total. The molecule has 116 valence electrons. The highest BCUT2D eigenvalue weighted by Gasteiger charge is 2.23. The van der Waals surface area contributed by atoms with Gasteiger partial charge in [-0.2, -0.15) is 11.8 Å². The Hall–Kier alpha value is -1.32. The number of nitro groups is 1. The van der Waals surface area contributed by atoms with Gasteiger partial charge in [-0.25, -0.2) is 13.1 Å². The fraction of sp³-hybridized carbons (Fsp3) is 0.500. The van der Waals surface area contributed by atoms with Crippen molar-refractivity contribution in [1.82, 2.24) is 4.72 Å². The van der Waals surface area contributed by atoms with E-state index in [9.17, 15) is 23.6 Å². The lowest BCUT2D eigenvalue weighted by Gasteiger charge is -2.21. The Morgan fingerprint density at radius 3 is 2.81 bits per heavy atom. The largest absolute Gasteiger partial charge is 0.502 e. The normalized spacial score (nSPS) is 19.3. The molecule has 0 saturated carbocycles. The van der Waals surface area contributed by atoms with Crippen molar-refractivity contribution in [2.24, 2.45) is 0 Å². The Kier molecular flexibility index (Phi) is 5.07. The smallest absolute Gasteiger partial charge is 0.312 e. The predicted molar refractivity (Wildman–Crippen MR) is 80.0 cm³/mol. The van der Waals surface area contributed by atoms with E-state index in [0.29, 0.717) is 6.54 Å². The second kappa shape index (κ2) is 6.63. The quantitative estimate of drug-likeness (QED) is 0.629. The minimum Gasteiger partial charge on any atom is -0.502 e.